The zero-order valence-corrected chi connectivity index (χ0v) is 38.1. The van der Waals surface area contributed by atoms with Crippen LogP contribution in [0.4, 0.5) is 0 Å². The van der Waals surface area contributed by atoms with Gasteiger partial charge in [-0.3, -0.25) is 4.79 Å². The van der Waals surface area contributed by atoms with Gasteiger partial charge in [0.05, 0.1) is 13.2 Å². The van der Waals surface area contributed by atoms with E-state index in [1.54, 1.807) is 12.1 Å². The highest BCUT2D eigenvalue weighted by Crippen LogP contribution is 2.62. The topological polar surface area (TPSA) is 124 Å². The van der Waals surface area contributed by atoms with Crippen molar-refractivity contribution in [3.63, 3.8) is 0 Å². The molecule has 0 unspecified atom stereocenters. The number of ether oxygens (including phenoxy) is 7. The molecule has 1 aromatic heterocycles. The zero-order valence-electron chi connectivity index (χ0n) is 38.1. The molecule has 2 aliphatic carbocycles. The number of aromatic nitrogens is 1. The summed E-state index contributed by atoms with van der Waals surface area (Å²) in [5.74, 6) is 1.01. The minimum Gasteiger partial charge on any atom is -0.491 e. The molecule has 3 aromatic rings. The van der Waals surface area contributed by atoms with Gasteiger partial charge in [0, 0.05) is 71.3 Å². The van der Waals surface area contributed by atoms with Gasteiger partial charge in [-0.25, -0.2) is 19.6 Å². The molecule has 0 radical (unpaired) electrons. The number of allylic oxidation sites excluding steroid dienone is 1. The highest BCUT2D eigenvalue weighted by atomic mass is 17.3. The molecule has 2 aromatic carbocycles. The van der Waals surface area contributed by atoms with E-state index >= 15 is 0 Å². The molecule has 16 atom stereocenters. The first-order valence-corrected chi connectivity index (χ1v) is 24.1. The minimum atomic E-state index is -0.831. The molecule has 9 heterocycles. The summed E-state index contributed by atoms with van der Waals surface area (Å²) >= 11 is 0. The van der Waals surface area contributed by atoms with Crippen LogP contribution in [0.3, 0.4) is 0 Å². The second-order valence-electron chi connectivity index (χ2n) is 20.7. The number of benzene rings is 2. The Morgan fingerprint density at radius 2 is 1.31 bits per heavy atom. The fourth-order valence-electron chi connectivity index (χ4n) is 13.3. The van der Waals surface area contributed by atoms with Gasteiger partial charge in [-0.1, -0.05) is 58.0 Å². The molecule has 13 rings (SSSR count). The Labute approximate surface area is 376 Å². The average Bonchev–Trinajstić information content (AvgIpc) is 3.38. The van der Waals surface area contributed by atoms with Crippen molar-refractivity contribution in [1.29, 1.82) is 0 Å². The molecule has 2 spiro atoms. The molecular weight excluding hydrogens is 819 g/mol. The summed E-state index contributed by atoms with van der Waals surface area (Å²) in [6.07, 6.45) is 11.4. The predicted octanol–water partition coefficient (Wildman–Crippen LogP) is 9.37. The van der Waals surface area contributed by atoms with E-state index < -0.39 is 47.9 Å². The lowest BCUT2D eigenvalue weighted by molar-refractivity contribution is -0.577. The summed E-state index contributed by atoms with van der Waals surface area (Å²) in [7, 11) is 0. The van der Waals surface area contributed by atoms with Gasteiger partial charge in [0.15, 0.2) is 42.1 Å². The average molecular weight is 884 g/mol. The summed E-state index contributed by atoms with van der Waals surface area (Å²) in [5.41, 5.74) is 1.31. The van der Waals surface area contributed by atoms with Crippen LogP contribution in [-0.2, 0) is 54.5 Å². The van der Waals surface area contributed by atoms with Crippen LogP contribution in [0, 0.1) is 47.3 Å². The van der Waals surface area contributed by atoms with E-state index in [-0.39, 0.29) is 29.5 Å². The minimum absolute atomic E-state index is 0.0791. The normalized spacial score (nSPS) is 43.4. The summed E-state index contributed by atoms with van der Waals surface area (Å²) < 4.78 is 47.5. The molecule has 64 heavy (non-hydrogen) atoms. The highest BCUT2D eigenvalue weighted by molar-refractivity contribution is 6.08. The number of rotatable bonds is 12. The second-order valence-corrected chi connectivity index (χ2v) is 20.7. The van der Waals surface area contributed by atoms with Crippen molar-refractivity contribution in [2.45, 2.75) is 147 Å². The van der Waals surface area contributed by atoms with Crippen molar-refractivity contribution in [3.05, 3.63) is 71.9 Å². The van der Waals surface area contributed by atoms with Crippen molar-refractivity contribution in [2.75, 3.05) is 19.8 Å². The maximum Gasteiger partial charge on any atom is 0.201 e. The first-order chi connectivity index (χ1) is 30.9. The second kappa shape index (κ2) is 16.5. The summed E-state index contributed by atoms with van der Waals surface area (Å²) in [6.45, 7) is 14.6. The third-order valence-electron chi connectivity index (χ3n) is 16.8. The van der Waals surface area contributed by atoms with E-state index in [1.807, 2.05) is 50.3 Å². The molecule has 8 aliphatic heterocycles. The van der Waals surface area contributed by atoms with Crippen LogP contribution in [0.25, 0.3) is 17.0 Å². The monoisotopic (exact) mass is 883 g/mol. The number of ketones is 1. The third-order valence-corrected chi connectivity index (χ3v) is 16.8. The van der Waals surface area contributed by atoms with Gasteiger partial charge >= 0.3 is 0 Å². The molecule has 0 N–H and O–H groups in total. The van der Waals surface area contributed by atoms with E-state index in [2.05, 4.69) is 50.6 Å². The molecule has 8 saturated heterocycles. The Bertz CT molecular complexity index is 2250. The molecular formula is C51H65NO12. The number of carbonyl (C=O) groups excluding carboxylic acids is 1. The lowest BCUT2D eigenvalue weighted by Gasteiger charge is -2.60. The van der Waals surface area contributed by atoms with Gasteiger partial charge < -0.3 is 37.7 Å². The van der Waals surface area contributed by atoms with Crippen molar-refractivity contribution < 1.29 is 57.5 Å². The van der Waals surface area contributed by atoms with E-state index in [9.17, 15) is 4.79 Å². The van der Waals surface area contributed by atoms with E-state index in [4.69, 9.17) is 52.7 Å². The van der Waals surface area contributed by atoms with Crippen LogP contribution in [0.2, 0.25) is 0 Å². The molecule has 10 fully saturated rings. The number of nitrogens with zero attached hydrogens (tertiary/aromatic N) is 1. The number of carbonyl (C=O) groups is 1. The van der Waals surface area contributed by atoms with Gasteiger partial charge in [-0.05, 0) is 106 Å². The fourth-order valence-corrected chi connectivity index (χ4v) is 13.3. The van der Waals surface area contributed by atoms with Gasteiger partial charge in [0.2, 0.25) is 11.6 Å². The number of hydrogen-bond acceptors (Lipinski definition) is 12. The van der Waals surface area contributed by atoms with E-state index in [0.29, 0.717) is 61.3 Å². The Hall–Kier alpha value is -3.21. The Morgan fingerprint density at radius 3 is 1.95 bits per heavy atom. The quantitative estimate of drug-likeness (QED) is 0.0746. The lowest BCUT2D eigenvalue weighted by Crippen LogP contribution is -2.70. The first kappa shape index (κ1) is 43.4. The van der Waals surface area contributed by atoms with Gasteiger partial charge in [0.1, 0.15) is 12.4 Å². The molecule has 0 amide bonds. The Morgan fingerprint density at radius 1 is 0.703 bits per heavy atom. The number of hydrogen-bond donors (Lipinski definition) is 0. The third kappa shape index (κ3) is 7.14. The number of fused-ring (bicyclic) bond motifs is 5. The molecule has 2 saturated carbocycles. The van der Waals surface area contributed by atoms with Crippen molar-refractivity contribution in [2.24, 2.45) is 47.3 Å². The van der Waals surface area contributed by atoms with Crippen molar-refractivity contribution >= 4 is 22.8 Å². The van der Waals surface area contributed by atoms with Crippen LogP contribution in [0.1, 0.15) is 109 Å². The Kier molecular flexibility index (Phi) is 11.2. The van der Waals surface area contributed by atoms with Crippen LogP contribution < -0.4 is 4.74 Å². The summed E-state index contributed by atoms with van der Waals surface area (Å²) in [4.78, 5) is 38.1. The smallest absolute Gasteiger partial charge is 0.201 e. The fraction of sp³-hybridized carbons (Fsp3) is 0.667. The van der Waals surface area contributed by atoms with Gasteiger partial charge in [0.25, 0.3) is 0 Å². The zero-order chi connectivity index (χ0) is 44.0. The predicted molar refractivity (Wildman–Crippen MR) is 233 cm³/mol. The summed E-state index contributed by atoms with van der Waals surface area (Å²) in [6, 6.07) is 15.5. The molecule has 346 valence electrons. The first-order valence-electron chi connectivity index (χ1n) is 24.1. The Balaban J connectivity index is 0.702. The molecule has 13 nitrogen and oxygen atoms in total. The summed E-state index contributed by atoms with van der Waals surface area (Å²) in [5, 5.41) is 1.06. The largest absolute Gasteiger partial charge is 0.491 e. The maximum absolute atomic E-state index is 13.6. The standard InChI is InChI=1S/C51H65NO12/c1-30-14-17-40-32(3)44(57-46-50(40)38(30)20-22-48(5,59-46)61-63-50)55-25-24-52-29-35(37-12-7-8-13-42(37)52)16-19-43(53)34-10-9-11-36(28-34)54-26-27-56-45-33(4)41-18-15-31(2)39-21-23-49(6)60-47(58-45)51(39,41)64-62-49/h7-13,16,19,28-33,38-41,44-47H,14-15,17-18,20-27H2,1-6H3/b19-16+/t30-,31-,32-,33-,38+,39+,40+,41+,44+,45+,46-,47-,48-,49-,50-,51-/m1/s1. The molecule has 10 aliphatic rings. The number of para-hydroxylation sites is 1. The van der Waals surface area contributed by atoms with Crippen LogP contribution in [0.5, 0.6) is 5.75 Å². The van der Waals surface area contributed by atoms with Crippen molar-refractivity contribution in [3.8, 4) is 5.75 Å². The van der Waals surface area contributed by atoms with Crippen LogP contribution in [-0.4, -0.2) is 78.1 Å². The van der Waals surface area contributed by atoms with Gasteiger partial charge in [-0.15, -0.1) is 0 Å². The van der Waals surface area contributed by atoms with Crippen molar-refractivity contribution in [1.82, 2.24) is 4.57 Å². The van der Waals surface area contributed by atoms with Gasteiger partial charge in [-0.2, -0.15) is 0 Å². The SMILES string of the molecule is C[C@H]1[C@@H](OCCOc2cccc(C(=O)/C=C/c3cn(CCO[C@H]4O[C@@H]5O[C@@]6(C)CC[C@H]7[C@H](C)CC[C@@H]([C@H]4C)[C@@]57OO6)c4ccccc34)c2)O[C@@H]2O[C@@]3(C)CC[C@H]4[C@H](C)CC[C@@H]1[C@@]24OO3. The molecule has 4 bridgehead atoms. The van der Waals surface area contributed by atoms with E-state index in [1.165, 1.54) is 0 Å². The van der Waals surface area contributed by atoms with E-state index in [0.717, 1.165) is 67.8 Å². The van der Waals surface area contributed by atoms with Crippen LogP contribution in [0.15, 0.2) is 60.8 Å². The van der Waals surface area contributed by atoms with Crippen LogP contribution >= 0.6 is 0 Å². The maximum atomic E-state index is 13.6. The molecule has 13 heteroatoms. The highest BCUT2D eigenvalue weighted by Gasteiger charge is 2.71. The lowest BCUT2D eigenvalue weighted by atomic mass is 9.58.